The summed E-state index contributed by atoms with van der Waals surface area (Å²) in [6.45, 7) is 2.52. The number of benzene rings is 2. The third-order valence-electron chi connectivity index (χ3n) is 5.90. The van der Waals surface area contributed by atoms with Crippen molar-refractivity contribution < 1.29 is 9.90 Å². The molecule has 4 rings (SSSR count). The average Bonchev–Trinajstić information content (AvgIpc) is 3.33. The van der Waals surface area contributed by atoms with Crippen LogP contribution in [0.25, 0.3) is 5.69 Å². The van der Waals surface area contributed by atoms with E-state index in [0.29, 0.717) is 17.4 Å². The van der Waals surface area contributed by atoms with Crippen LogP contribution in [0.15, 0.2) is 61.2 Å². The van der Waals surface area contributed by atoms with Gasteiger partial charge in [0.1, 0.15) is 18.4 Å². The molecule has 1 fully saturated rings. The lowest BCUT2D eigenvalue weighted by atomic mass is 10.0. The van der Waals surface area contributed by atoms with E-state index < -0.39 is 0 Å². The maximum Gasteiger partial charge on any atom is 0.253 e. The molecule has 1 aliphatic heterocycles. The molecule has 2 aromatic carbocycles. The van der Waals surface area contributed by atoms with Crippen molar-refractivity contribution in [1.29, 1.82) is 0 Å². The molecule has 2 heterocycles. The van der Waals surface area contributed by atoms with Crippen LogP contribution in [0.3, 0.4) is 0 Å². The molecule has 3 aromatic rings. The summed E-state index contributed by atoms with van der Waals surface area (Å²) < 4.78 is 1.81. The number of nitrogens with zero attached hydrogens (tertiary/aromatic N) is 5. The number of likely N-dealkylation sites (tertiary alicyclic amines) is 1. The maximum absolute atomic E-state index is 12.9. The Morgan fingerprint density at radius 3 is 2.30 bits per heavy atom. The van der Waals surface area contributed by atoms with Crippen LogP contribution in [-0.4, -0.2) is 68.3 Å². The van der Waals surface area contributed by atoms with Crippen molar-refractivity contribution in [3.8, 4) is 11.4 Å². The summed E-state index contributed by atoms with van der Waals surface area (Å²) in [7, 11) is 2.16. The number of carbonyl (C=O) groups excluding carboxylic acids is 1. The summed E-state index contributed by atoms with van der Waals surface area (Å²) in [6, 6.07) is 15.5. The highest BCUT2D eigenvalue weighted by Crippen LogP contribution is 2.19. The minimum atomic E-state index is 0.0931. The molecule has 1 aromatic heterocycles. The Labute approximate surface area is 176 Å². The molecule has 7 heteroatoms. The van der Waals surface area contributed by atoms with E-state index in [0.717, 1.165) is 44.6 Å². The van der Waals surface area contributed by atoms with Crippen molar-refractivity contribution in [2.45, 2.75) is 25.3 Å². The fourth-order valence-corrected chi connectivity index (χ4v) is 3.95. The normalized spacial score (nSPS) is 14.9. The molecule has 156 valence electrons. The highest BCUT2D eigenvalue weighted by Gasteiger charge is 2.25. The molecule has 1 saturated heterocycles. The lowest BCUT2D eigenvalue weighted by molar-refractivity contribution is 0.0647. The number of hydrogen-bond acceptors (Lipinski definition) is 5. The number of amides is 1. The van der Waals surface area contributed by atoms with Crippen molar-refractivity contribution in [3.63, 3.8) is 0 Å². The first-order valence-electron chi connectivity index (χ1n) is 10.3. The van der Waals surface area contributed by atoms with E-state index in [1.54, 1.807) is 24.8 Å². The zero-order valence-corrected chi connectivity index (χ0v) is 17.2. The largest absolute Gasteiger partial charge is 0.508 e. The molecule has 7 nitrogen and oxygen atoms in total. The van der Waals surface area contributed by atoms with Gasteiger partial charge < -0.3 is 14.9 Å². The van der Waals surface area contributed by atoms with Gasteiger partial charge in [-0.2, -0.15) is 0 Å². The topological polar surface area (TPSA) is 74.5 Å². The first-order valence-corrected chi connectivity index (χ1v) is 10.3. The molecule has 0 unspecified atom stereocenters. The predicted molar refractivity (Wildman–Crippen MR) is 115 cm³/mol. The Morgan fingerprint density at radius 2 is 1.67 bits per heavy atom. The molecular weight excluding hydrogens is 378 g/mol. The van der Waals surface area contributed by atoms with Gasteiger partial charge in [0.25, 0.3) is 5.91 Å². The predicted octanol–water partition coefficient (Wildman–Crippen LogP) is 2.75. The van der Waals surface area contributed by atoms with Gasteiger partial charge in [-0.3, -0.25) is 9.36 Å². The zero-order valence-electron chi connectivity index (χ0n) is 17.2. The first-order chi connectivity index (χ1) is 14.6. The summed E-state index contributed by atoms with van der Waals surface area (Å²) >= 11 is 0. The van der Waals surface area contributed by atoms with E-state index in [2.05, 4.69) is 22.1 Å². The number of phenolic OH excluding ortho intramolecular Hbond substituents is 1. The molecule has 0 saturated carbocycles. The molecule has 1 amide bonds. The van der Waals surface area contributed by atoms with Gasteiger partial charge in [0.15, 0.2) is 0 Å². The Hall–Kier alpha value is -3.19. The zero-order chi connectivity index (χ0) is 20.9. The highest BCUT2D eigenvalue weighted by molar-refractivity contribution is 5.94. The molecule has 30 heavy (non-hydrogen) atoms. The van der Waals surface area contributed by atoms with Gasteiger partial charge in [-0.05, 0) is 68.3 Å². The standard InChI is InChI=1S/C23H27N5O2/c1-26(13-10-18-2-8-22(29)9-3-18)20-11-14-27(15-12-20)23(30)19-4-6-21(7-5-19)28-16-24-25-17-28/h2-9,16-17,20,29H,10-15H2,1H3. The second-order valence-corrected chi connectivity index (χ2v) is 7.84. The molecule has 0 aliphatic carbocycles. The summed E-state index contributed by atoms with van der Waals surface area (Å²) in [4.78, 5) is 17.2. The number of aromatic hydroxyl groups is 1. The van der Waals surface area contributed by atoms with Crippen LogP contribution in [0.5, 0.6) is 5.75 Å². The fourth-order valence-electron chi connectivity index (χ4n) is 3.95. The molecule has 0 radical (unpaired) electrons. The summed E-state index contributed by atoms with van der Waals surface area (Å²) in [5.74, 6) is 0.396. The van der Waals surface area contributed by atoms with Crippen LogP contribution < -0.4 is 0 Å². The van der Waals surface area contributed by atoms with Crippen LogP contribution in [-0.2, 0) is 6.42 Å². The van der Waals surface area contributed by atoms with Crippen molar-refractivity contribution in [2.75, 3.05) is 26.7 Å². The summed E-state index contributed by atoms with van der Waals surface area (Å²) in [5.41, 5.74) is 2.87. The highest BCUT2D eigenvalue weighted by atomic mass is 16.3. The van der Waals surface area contributed by atoms with Crippen LogP contribution >= 0.6 is 0 Å². The molecule has 0 spiro atoms. The van der Waals surface area contributed by atoms with Gasteiger partial charge in [-0.25, -0.2) is 0 Å². The third-order valence-corrected chi connectivity index (χ3v) is 5.90. The lowest BCUT2D eigenvalue weighted by Gasteiger charge is -2.37. The second-order valence-electron chi connectivity index (χ2n) is 7.84. The Balaban J connectivity index is 1.27. The van der Waals surface area contributed by atoms with Gasteiger partial charge in [-0.1, -0.05) is 12.1 Å². The number of rotatable bonds is 6. The van der Waals surface area contributed by atoms with Crippen molar-refractivity contribution >= 4 is 5.91 Å². The van der Waals surface area contributed by atoms with E-state index in [1.165, 1.54) is 5.56 Å². The Morgan fingerprint density at radius 1 is 1.03 bits per heavy atom. The number of phenols is 1. The minimum Gasteiger partial charge on any atom is -0.508 e. The number of carbonyl (C=O) groups is 1. The van der Waals surface area contributed by atoms with Gasteiger partial charge in [0, 0.05) is 36.9 Å². The third kappa shape index (κ3) is 4.68. The van der Waals surface area contributed by atoms with E-state index in [-0.39, 0.29) is 5.91 Å². The van der Waals surface area contributed by atoms with E-state index >= 15 is 0 Å². The summed E-state index contributed by atoms with van der Waals surface area (Å²) in [5, 5.41) is 17.0. The van der Waals surface area contributed by atoms with Crippen molar-refractivity contribution in [3.05, 3.63) is 72.3 Å². The fraction of sp³-hybridized carbons (Fsp3) is 0.348. The van der Waals surface area contributed by atoms with Crippen LogP contribution in [0.2, 0.25) is 0 Å². The Kier molecular flexibility index (Phi) is 6.09. The van der Waals surface area contributed by atoms with Gasteiger partial charge in [-0.15, -0.1) is 10.2 Å². The smallest absolute Gasteiger partial charge is 0.253 e. The van der Waals surface area contributed by atoms with Crippen LogP contribution in [0.4, 0.5) is 0 Å². The van der Waals surface area contributed by atoms with Gasteiger partial charge in [0.2, 0.25) is 0 Å². The van der Waals surface area contributed by atoms with Crippen LogP contribution in [0, 0.1) is 0 Å². The van der Waals surface area contributed by atoms with Crippen molar-refractivity contribution in [2.24, 2.45) is 0 Å². The molecular formula is C23H27N5O2. The minimum absolute atomic E-state index is 0.0931. The van der Waals surface area contributed by atoms with E-state index in [4.69, 9.17) is 0 Å². The second kappa shape index (κ2) is 9.09. The monoisotopic (exact) mass is 405 g/mol. The number of likely N-dealkylation sites (N-methyl/N-ethyl adjacent to an activating group) is 1. The van der Waals surface area contributed by atoms with E-state index in [9.17, 15) is 9.90 Å². The lowest BCUT2D eigenvalue weighted by Crippen LogP contribution is -2.46. The molecule has 1 aliphatic rings. The number of aromatic nitrogens is 3. The molecule has 1 N–H and O–H groups in total. The van der Waals surface area contributed by atoms with Gasteiger partial charge in [0.05, 0.1) is 0 Å². The SMILES string of the molecule is CN(CCc1ccc(O)cc1)C1CCN(C(=O)c2ccc(-n3cnnc3)cc2)CC1. The average molecular weight is 406 g/mol. The summed E-state index contributed by atoms with van der Waals surface area (Å²) in [6.07, 6.45) is 6.20. The quantitative estimate of drug-likeness (QED) is 0.683. The number of piperidine rings is 1. The van der Waals surface area contributed by atoms with E-state index in [1.807, 2.05) is 45.9 Å². The first kappa shape index (κ1) is 20.1. The molecule has 0 bridgehead atoms. The molecule has 0 atom stereocenters. The van der Waals surface area contributed by atoms with Crippen molar-refractivity contribution in [1.82, 2.24) is 24.6 Å². The van der Waals surface area contributed by atoms with Gasteiger partial charge >= 0.3 is 0 Å². The Bertz CT molecular complexity index is 946. The number of hydrogen-bond donors (Lipinski definition) is 1. The maximum atomic E-state index is 12.9. The van der Waals surface area contributed by atoms with Crippen LogP contribution in [0.1, 0.15) is 28.8 Å².